The number of carbonyl (C=O) groups excluding carboxylic acids is 1. The normalized spacial score (nSPS) is 12.0. The molecule has 0 radical (unpaired) electrons. The quantitative estimate of drug-likeness (QED) is 0.644. The second kappa shape index (κ2) is 7.17. The molecule has 0 bridgehead atoms. The van der Waals surface area contributed by atoms with Crippen molar-refractivity contribution in [3.05, 3.63) is 52.0 Å². The lowest BCUT2D eigenvalue weighted by molar-refractivity contribution is 0.248. The molecule has 2 amide bonds. The van der Waals surface area contributed by atoms with Crippen molar-refractivity contribution in [2.75, 3.05) is 31.5 Å². The van der Waals surface area contributed by atoms with Crippen LogP contribution in [0, 0.1) is 0 Å². The number of benzene rings is 2. The Morgan fingerprint density at radius 2 is 1.83 bits per heavy atom. The number of fused-ring (bicyclic) bond motifs is 3. The monoisotopic (exact) mass is 405 g/mol. The third-order valence-corrected chi connectivity index (χ3v) is 5.01. The lowest BCUT2D eigenvalue weighted by Crippen LogP contribution is -2.37. The second-order valence-corrected chi connectivity index (χ2v) is 7.48. The van der Waals surface area contributed by atoms with Crippen molar-refractivity contribution in [1.29, 1.82) is 0 Å². The number of carbonyl (C=O) groups is 1. The van der Waals surface area contributed by atoms with Crippen LogP contribution in [0.4, 0.5) is 10.5 Å². The Balaban J connectivity index is 1.74. The highest BCUT2D eigenvalue weighted by Gasteiger charge is 2.20. The number of hydrogen-bond acceptors (Lipinski definition) is 3. The molecule has 0 aliphatic heterocycles. The fourth-order valence-corrected chi connectivity index (χ4v) is 3.48. The maximum Gasteiger partial charge on any atom is 0.331 e. The summed E-state index contributed by atoms with van der Waals surface area (Å²) in [5.41, 5.74) is 5.81. The van der Waals surface area contributed by atoms with Gasteiger partial charge in [0.15, 0.2) is 0 Å². The number of amides is 2. The summed E-state index contributed by atoms with van der Waals surface area (Å²) in [6.45, 7) is 1.38. The summed E-state index contributed by atoms with van der Waals surface area (Å²) in [5, 5.41) is 2.87. The summed E-state index contributed by atoms with van der Waals surface area (Å²) in [5.74, 6) is 0. The Morgan fingerprint density at radius 3 is 2.54 bits per heavy atom. The topological polar surface area (TPSA) is 35.6 Å². The van der Waals surface area contributed by atoms with Gasteiger partial charge in [-0.25, -0.2) is 9.10 Å². The Hall–Kier alpha value is -1.50. The van der Waals surface area contributed by atoms with E-state index in [0.717, 1.165) is 23.1 Å². The summed E-state index contributed by atoms with van der Waals surface area (Å²) >= 11 is 7.88. The fraction of sp³-hybridized carbons (Fsp3) is 0.278. The number of thiol groups is 1. The number of urea groups is 1. The summed E-state index contributed by atoms with van der Waals surface area (Å²) in [4.78, 5) is 14.2. The van der Waals surface area contributed by atoms with E-state index in [-0.39, 0.29) is 6.03 Å². The predicted molar refractivity (Wildman–Crippen MR) is 106 cm³/mol. The van der Waals surface area contributed by atoms with Crippen molar-refractivity contribution in [2.45, 2.75) is 6.42 Å². The molecule has 1 N–H and O–H groups in total. The number of likely N-dealkylation sites (N-methyl/N-ethyl adjacent to an activating group) is 1. The zero-order chi connectivity index (χ0) is 17.3. The number of rotatable bonds is 4. The summed E-state index contributed by atoms with van der Waals surface area (Å²) < 4.78 is 2.46. The van der Waals surface area contributed by atoms with E-state index < -0.39 is 0 Å². The molecule has 0 saturated carbocycles. The molecule has 1 aliphatic carbocycles. The second-order valence-electron chi connectivity index (χ2n) is 6.17. The molecule has 0 atom stereocenters. The van der Waals surface area contributed by atoms with E-state index in [1.54, 1.807) is 0 Å². The minimum absolute atomic E-state index is 0.210. The largest absolute Gasteiger partial charge is 0.336 e. The smallest absolute Gasteiger partial charge is 0.331 e. The van der Waals surface area contributed by atoms with Gasteiger partial charge in [0.1, 0.15) is 0 Å². The van der Waals surface area contributed by atoms with Crippen LogP contribution in [0.25, 0.3) is 11.1 Å². The van der Waals surface area contributed by atoms with Crippen molar-refractivity contribution in [2.24, 2.45) is 0 Å². The molecule has 126 valence electrons. The fourth-order valence-electron chi connectivity index (χ4n) is 2.88. The molecule has 0 saturated heterocycles. The zero-order valence-corrected chi connectivity index (χ0v) is 16.2. The Labute approximate surface area is 156 Å². The molecule has 0 spiro atoms. The van der Waals surface area contributed by atoms with Gasteiger partial charge in [0.05, 0.1) is 5.69 Å². The van der Waals surface area contributed by atoms with Crippen molar-refractivity contribution >= 4 is 40.5 Å². The van der Waals surface area contributed by atoms with E-state index in [4.69, 9.17) is 0 Å². The van der Waals surface area contributed by atoms with E-state index in [1.807, 2.05) is 31.1 Å². The van der Waals surface area contributed by atoms with Gasteiger partial charge in [-0.05, 0) is 67.0 Å². The zero-order valence-electron chi connectivity index (χ0n) is 13.7. The van der Waals surface area contributed by atoms with Gasteiger partial charge in [-0.2, -0.15) is 0 Å². The van der Waals surface area contributed by atoms with Gasteiger partial charge in [-0.1, -0.05) is 40.9 Å². The predicted octanol–water partition coefficient (Wildman–Crippen LogP) is 3.94. The minimum atomic E-state index is -0.210. The first-order chi connectivity index (χ1) is 11.5. The summed E-state index contributed by atoms with van der Waals surface area (Å²) in [7, 11) is 3.95. The van der Waals surface area contributed by atoms with Crippen LogP contribution in [-0.2, 0) is 6.42 Å². The first kappa shape index (κ1) is 17.3. The molecule has 24 heavy (non-hydrogen) atoms. The highest BCUT2D eigenvalue weighted by molar-refractivity contribution is 9.10. The van der Waals surface area contributed by atoms with Gasteiger partial charge >= 0.3 is 6.03 Å². The molecule has 0 unspecified atom stereocenters. The van der Waals surface area contributed by atoms with Gasteiger partial charge in [0.25, 0.3) is 0 Å². The van der Waals surface area contributed by atoms with Crippen molar-refractivity contribution < 1.29 is 4.79 Å². The van der Waals surface area contributed by atoms with E-state index in [2.05, 4.69) is 58.3 Å². The average Bonchev–Trinajstić information content (AvgIpc) is 2.89. The van der Waals surface area contributed by atoms with Gasteiger partial charge in [-0.3, -0.25) is 0 Å². The maximum absolute atomic E-state index is 12.2. The van der Waals surface area contributed by atoms with Crippen molar-refractivity contribution in [3.8, 4) is 11.1 Å². The molecule has 0 fully saturated rings. The molecule has 2 aromatic rings. The maximum atomic E-state index is 12.2. The van der Waals surface area contributed by atoms with Gasteiger partial charge in [-0.15, -0.1) is 0 Å². The van der Waals surface area contributed by atoms with Crippen LogP contribution in [0.15, 0.2) is 40.9 Å². The Morgan fingerprint density at radius 1 is 1.17 bits per heavy atom. The van der Waals surface area contributed by atoms with Crippen LogP contribution in [0.3, 0.4) is 0 Å². The SMILES string of the molecule is CN(C)CCNC(=O)N(S)c1ccc2c(c1)Cc1cc(Br)ccc1-2. The first-order valence-electron chi connectivity index (χ1n) is 7.79. The minimum Gasteiger partial charge on any atom is -0.336 e. The third-order valence-electron chi connectivity index (χ3n) is 4.10. The van der Waals surface area contributed by atoms with Crippen LogP contribution < -0.4 is 9.62 Å². The number of halogens is 1. The number of nitrogens with zero attached hydrogens (tertiary/aromatic N) is 2. The summed E-state index contributed by atoms with van der Waals surface area (Å²) in [6.07, 6.45) is 0.877. The molecule has 2 aromatic carbocycles. The molecule has 0 aromatic heterocycles. The first-order valence-corrected chi connectivity index (χ1v) is 8.98. The van der Waals surface area contributed by atoms with Crippen molar-refractivity contribution in [1.82, 2.24) is 10.2 Å². The Bertz CT molecular complexity index is 779. The van der Waals surface area contributed by atoms with Gasteiger partial charge in [0, 0.05) is 17.6 Å². The number of hydrogen-bond donors (Lipinski definition) is 2. The number of nitrogens with one attached hydrogen (secondary N) is 1. The summed E-state index contributed by atoms with van der Waals surface area (Å²) in [6, 6.07) is 12.2. The average molecular weight is 406 g/mol. The highest BCUT2D eigenvalue weighted by Crippen LogP contribution is 2.39. The van der Waals surface area contributed by atoms with Crippen LogP contribution in [0.2, 0.25) is 0 Å². The van der Waals surface area contributed by atoms with E-state index >= 15 is 0 Å². The van der Waals surface area contributed by atoms with Crippen molar-refractivity contribution in [3.63, 3.8) is 0 Å². The van der Waals surface area contributed by atoms with Gasteiger partial charge in [0.2, 0.25) is 0 Å². The molecule has 4 nitrogen and oxygen atoms in total. The van der Waals surface area contributed by atoms with Crippen LogP contribution in [0.1, 0.15) is 11.1 Å². The molecule has 6 heteroatoms. The standard InChI is InChI=1S/C18H20BrN3OS/c1-21(2)8-7-20-18(23)22(24)15-4-6-17-13(11-15)9-12-10-14(19)3-5-16(12)17/h3-6,10-11,24H,7-9H2,1-2H3,(H,20,23). The van der Waals surface area contributed by atoms with E-state index in [9.17, 15) is 4.79 Å². The van der Waals surface area contributed by atoms with Gasteiger partial charge < -0.3 is 10.2 Å². The molecular formula is C18H20BrN3OS. The number of anilines is 1. The van der Waals surface area contributed by atoms with Crippen LogP contribution >= 0.6 is 28.7 Å². The molecule has 3 rings (SSSR count). The van der Waals surface area contributed by atoms with E-state index in [1.165, 1.54) is 26.6 Å². The molecule has 0 heterocycles. The lowest BCUT2D eigenvalue weighted by atomic mass is 10.1. The third kappa shape index (κ3) is 3.61. The van der Waals surface area contributed by atoms with Crippen LogP contribution in [-0.4, -0.2) is 38.1 Å². The molecule has 1 aliphatic rings. The van der Waals surface area contributed by atoms with Crippen LogP contribution in [0.5, 0.6) is 0 Å². The molecular weight excluding hydrogens is 386 g/mol. The highest BCUT2D eigenvalue weighted by atomic mass is 79.9. The lowest BCUT2D eigenvalue weighted by Gasteiger charge is -2.18. The van der Waals surface area contributed by atoms with E-state index in [0.29, 0.717) is 6.54 Å². The Kier molecular flexibility index (Phi) is 5.18.